The third kappa shape index (κ3) is 1.98. The molecule has 4 bridgehead atoms. The summed E-state index contributed by atoms with van der Waals surface area (Å²) in [7, 11) is 0. The van der Waals surface area contributed by atoms with Crippen LogP contribution in [0.2, 0.25) is 0 Å². The van der Waals surface area contributed by atoms with E-state index in [0.29, 0.717) is 5.41 Å². The van der Waals surface area contributed by atoms with Gasteiger partial charge in [-0.05, 0) is 85.9 Å². The van der Waals surface area contributed by atoms with Crippen LogP contribution in [0.25, 0.3) is 0 Å². The second-order valence-electron chi connectivity index (χ2n) is 9.52. The first kappa shape index (κ1) is 14.5. The number of rotatable bonds is 5. The van der Waals surface area contributed by atoms with E-state index in [9.17, 15) is 0 Å². The molecule has 0 radical (unpaired) electrons. The molecule has 0 aliphatic heterocycles. The maximum absolute atomic E-state index is 6.75. The van der Waals surface area contributed by atoms with Crippen molar-refractivity contribution < 1.29 is 4.74 Å². The summed E-state index contributed by atoms with van der Waals surface area (Å²) < 4.78 is 6.75. The van der Waals surface area contributed by atoms with Gasteiger partial charge < -0.3 is 4.74 Å². The summed E-state index contributed by atoms with van der Waals surface area (Å²) in [4.78, 5) is 0. The molecule has 7 atom stereocenters. The van der Waals surface area contributed by atoms with Crippen LogP contribution < -0.4 is 0 Å². The van der Waals surface area contributed by atoms with E-state index >= 15 is 0 Å². The highest BCUT2D eigenvalue weighted by Crippen LogP contribution is 2.70. The van der Waals surface area contributed by atoms with Crippen LogP contribution in [0.5, 0.6) is 0 Å². The molecule has 4 rings (SSSR count). The molecule has 21 heavy (non-hydrogen) atoms. The molecular weight excluding hydrogens is 256 g/mol. The highest BCUT2D eigenvalue weighted by molar-refractivity contribution is 5.16. The van der Waals surface area contributed by atoms with Gasteiger partial charge in [-0.15, -0.1) is 0 Å². The Morgan fingerprint density at radius 1 is 1.00 bits per heavy atom. The lowest BCUT2D eigenvalue weighted by Gasteiger charge is -2.47. The van der Waals surface area contributed by atoms with Crippen molar-refractivity contribution in [2.24, 2.45) is 40.9 Å². The monoisotopic (exact) mass is 290 g/mol. The average molecular weight is 290 g/mol. The summed E-state index contributed by atoms with van der Waals surface area (Å²) in [5.74, 6) is 6.25. The maximum atomic E-state index is 6.75. The third-order valence-electron chi connectivity index (χ3n) is 8.20. The van der Waals surface area contributed by atoms with Gasteiger partial charge in [-0.2, -0.15) is 0 Å². The maximum Gasteiger partial charge on any atom is 0.0713 e. The van der Waals surface area contributed by atoms with Gasteiger partial charge in [-0.3, -0.25) is 0 Å². The first-order chi connectivity index (χ1) is 10.00. The van der Waals surface area contributed by atoms with Crippen molar-refractivity contribution in [3.63, 3.8) is 0 Å². The standard InChI is InChI=1S/C20H34O/c1-5-19(3,4)12-21-20(6-2)11-15-10-16(20)18-14-8-7-13(9-14)17(15)18/h13-18H,5-12H2,1-4H3. The van der Waals surface area contributed by atoms with Gasteiger partial charge in [0.15, 0.2) is 0 Å². The van der Waals surface area contributed by atoms with E-state index in [-0.39, 0.29) is 5.60 Å². The normalized spacial score (nSPS) is 50.9. The second-order valence-corrected chi connectivity index (χ2v) is 9.52. The van der Waals surface area contributed by atoms with E-state index in [2.05, 4.69) is 27.7 Å². The molecule has 1 nitrogen and oxygen atoms in total. The van der Waals surface area contributed by atoms with Gasteiger partial charge in [0.05, 0.1) is 12.2 Å². The molecule has 7 unspecified atom stereocenters. The molecular formula is C20H34O. The van der Waals surface area contributed by atoms with Crippen molar-refractivity contribution in [1.29, 1.82) is 0 Å². The summed E-state index contributed by atoms with van der Waals surface area (Å²) >= 11 is 0. The Labute approximate surface area is 131 Å². The molecule has 0 aromatic carbocycles. The molecule has 0 aromatic rings. The van der Waals surface area contributed by atoms with E-state index in [0.717, 1.165) is 42.1 Å². The molecule has 4 fully saturated rings. The molecule has 4 aliphatic carbocycles. The van der Waals surface area contributed by atoms with Crippen LogP contribution in [0.1, 0.15) is 72.6 Å². The fourth-order valence-corrected chi connectivity index (χ4v) is 6.81. The first-order valence-corrected chi connectivity index (χ1v) is 9.63. The predicted molar refractivity (Wildman–Crippen MR) is 87.1 cm³/mol. The topological polar surface area (TPSA) is 9.23 Å². The van der Waals surface area contributed by atoms with Crippen LogP contribution >= 0.6 is 0 Å². The van der Waals surface area contributed by atoms with Crippen molar-refractivity contribution in [2.45, 2.75) is 78.2 Å². The SMILES string of the molecule is CCC(C)(C)COC1(CC)CC2CC1C1C3CCC(C3)C21. The lowest BCUT2D eigenvalue weighted by atomic mass is 9.65. The summed E-state index contributed by atoms with van der Waals surface area (Å²) in [5.41, 5.74) is 0.598. The lowest BCUT2D eigenvalue weighted by Crippen LogP contribution is -2.47. The molecule has 0 amide bonds. The van der Waals surface area contributed by atoms with Gasteiger partial charge in [0.1, 0.15) is 0 Å². The van der Waals surface area contributed by atoms with Gasteiger partial charge >= 0.3 is 0 Å². The van der Waals surface area contributed by atoms with Gasteiger partial charge in [-0.1, -0.05) is 27.7 Å². The Balaban J connectivity index is 1.53. The van der Waals surface area contributed by atoms with E-state index in [4.69, 9.17) is 4.74 Å². The Morgan fingerprint density at radius 2 is 1.71 bits per heavy atom. The number of hydrogen-bond acceptors (Lipinski definition) is 1. The minimum Gasteiger partial charge on any atom is -0.374 e. The molecule has 0 aromatic heterocycles. The Kier molecular flexibility index (Phi) is 3.27. The minimum atomic E-state index is 0.253. The summed E-state index contributed by atoms with van der Waals surface area (Å²) in [5, 5.41) is 0. The fraction of sp³-hybridized carbons (Fsp3) is 1.00. The quantitative estimate of drug-likeness (QED) is 0.625. The van der Waals surface area contributed by atoms with Crippen molar-refractivity contribution in [3.8, 4) is 0 Å². The third-order valence-corrected chi connectivity index (χ3v) is 8.20. The molecule has 0 spiro atoms. The molecule has 4 saturated carbocycles. The zero-order valence-corrected chi connectivity index (χ0v) is 14.5. The highest BCUT2D eigenvalue weighted by atomic mass is 16.5. The average Bonchev–Trinajstić information content (AvgIpc) is 3.22. The second kappa shape index (κ2) is 4.73. The van der Waals surface area contributed by atoms with Crippen LogP contribution in [-0.2, 0) is 4.74 Å². The fourth-order valence-electron chi connectivity index (χ4n) is 6.81. The molecule has 0 N–H and O–H groups in total. The molecule has 120 valence electrons. The minimum absolute atomic E-state index is 0.253. The number of ether oxygens (including phenoxy) is 1. The van der Waals surface area contributed by atoms with Gasteiger partial charge in [0, 0.05) is 0 Å². The summed E-state index contributed by atoms with van der Waals surface area (Å²) in [6.07, 6.45) is 10.0. The summed E-state index contributed by atoms with van der Waals surface area (Å²) in [6, 6.07) is 0. The van der Waals surface area contributed by atoms with Crippen LogP contribution in [0.15, 0.2) is 0 Å². The molecule has 4 aliphatic rings. The van der Waals surface area contributed by atoms with Crippen molar-refractivity contribution in [3.05, 3.63) is 0 Å². The zero-order chi connectivity index (χ0) is 14.8. The van der Waals surface area contributed by atoms with Gasteiger partial charge in [0.2, 0.25) is 0 Å². The van der Waals surface area contributed by atoms with E-state index in [1.54, 1.807) is 12.8 Å². The summed E-state index contributed by atoms with van der Waals surface area (Å²) in [6.45, 7) is 10.4. The number of fused-ring (bicyclic) bond motifs is 9. The number of hydrogen-bond donors (Lipinski definition) is 0. The van der Waals surface area contributed by atoms with Crippen LogP contribution in [-0.4, -0.2) is 12.2 Å². The van der Waals surface area contributed by atoms with Crippen molar-refractivity contribution in [2.75, 3.05) is 6.61 Å². The Hall–Kier alpha value is -0.0400. The molecule has 0 heterocycles. The van der Waals surface area contributed by atoms with Gasteiger partial charge in [-0.25, -0.2) is 0 Å². The van der Waals surface area contributed by atoms with Crippen LogP contribution in [0.3, 0.4) is 0 Å². The molecule has 1 heteroatoms. The van der Waals surface area contributed by atoms with Crippen LogP contribution in [0.4, 0.5) is 0 Å². The smallest absolute Gasteiger partial charge is 0.0713 e. The van der Waals surface area contributed by atoms with Crippen molar-refractivity contribution in [1.82, 2.24) is 0 Å². The Bertz CT molecular complexity index is 414. The lowest BCUT2D eigenvalue weighted by molar-refractivity contribution is -0.138. The van der Waals surface area contributed by atoms with E-state index in [1.807, 2.05) is 0 Å². The van der Waals surface area contributed by atoms with E-state index < -0.39 is 0 Å². The predicted octanol–water partition coefficient (Wildman–Crippen LogP) is 5.29. The Morgan fingerprint density at radius 3 is 2.38 bits per heavy atom. The van der Waals surface area contributed by atoms with E-state index in [1.165, 1.54) is 32.1 Å². The van der Waals surface area contributed by atoms with Crippen LogP contribution in [0, 0.1) is 40.9 Å². The zero-order valence-electron chi connectivity index (χ0n) is 14.5. The molecule has 0 saturated heterocycles. The highest BCUT2D eigenvalue weighted by Gasteiger charge is 2.66. The first-order valence-electron chi connectivity index (χ1n) is 9.63. The van der Waals surface area contributed by atoms with Crippen molar-refractivity contribution >= 4 is 0 Å². The van der Waals surface area contributed by atoms with Gasteiger partial charge in [0.25, 0.3) is 0 Å². The largest absolute Gasteiger partial charge is 0.374 e.